The van der Waals surface area contributed by atoms with Crippen LogP contribution in [-0.2, 0) is 9.53 Å². The SMILES string of the molecule is COc1cc(C=CC(=O)O[C@H]2CC[C@]3(C)[C@H]4CC[C@]5(C)C(=CC[C@@]6(C)CCC(C)(C)C[C@H]65)[C@]4(C)CC[C@H]3C2(C)C)ccc1O. The Kier molecular flexibility index (Phi) is 7.50. The highest BCUT2D eigenvalue weighted by molar-refractivity contribution is 5.87. The van der Waals surface area contributed by atoms with E-state index >= 15 is 0 Å². The van der Waals surface area contributed by atoms with Crippen LogP contribution in [-0.4, -0.2) is 24.3 Å². The van der Waals surface area contributed by atoms with Gasteiger partial charge in [0.2, 0.25) is 0 Å². The number of allylic oxidation sites excluding steroid dienone is 2. The van der Waals surface area contributed by atoms with E-state index in [0.717, 1.165) is 24.3 Å². The largest absolute Gasteiger partial charge is 0.504 e. The van der Waals surface area contributed by atoms with Crippen LogP contribution >= 0.6 is 0 Å². The lowest BCUT2D eigenvalue weighted by Gasteiger charge is -2.70. The van der Waals surface area contributed by atoms with Crippen LogP contribution in [0.4, 0.5) is 0 Å². The summed E-state index contributed by atoms with van der Waals surface area (Å²) in [6.07, 6.45) is 18.4. The number of benzene rings is 1. The lowest BCUT2D eigenvalue weighted by molar-refractivity contribution is -0.197. The minimum Gasteiger partial charge on any atom is -0.504 e. The van der Waals surface area contributed by atoms with Gasteiger partial charge < -0.3 is 14.6 Å². The summed E-state index contributed by atoms with van der Waals surface area (Å²) in [5.74, 6) is 2.16. The van der Waals surface area contributed by atoms with E-state index in [-0.39, 0.29) is 34.1 Å². The van der Waals surface area contributed by atoms with Crippen LogP contribution in [0.1, 0.15) is 125 Å². The molecule has 0 saturated heterocycles. The molecule has 8 atom stereocenters. The van der Waals surface area contributed by atoms with E-state index in [9.17, 15) is 9.90 Å². The fourth-order valence-corrected chi connectivity index (χ4v) is 12.2. The van der Waals surface area contributed by atoms with Crippen molar-refractivity contribution in [2.24, 2.45) is 50.2 Å². The quantitative estimate of drug-likeness (QED) is 0.212. The van der Waals surface area contributed by atoms with Gasteiger partial charge in [-0.2, -0.15) is 0 Å². The monoisotopic (exact) mass is 602 g/mol. The first kappa shape index (κ1) is 31.7. The molecule has 6 rings (SSSR count). The average molecular weight is 603 g/mol. The summed E-state index contributed by atoms with van der Waals surface area (Å²) in [4.78, 5) is 13.1. The molecule has 0 aliphatic heterocycles. The Morgan fingerprint density at radius 3 is 2.25 bits per heavy atom. The first-order chi connectivity index (χ1) is 20.5. The lowest BCUT2D eigenvalue weighted by atomic mass is 9.34. The molecule has 0 heterocycles. The number of phenols is 1. The molecular formula is C40H58O4. The van der Waals surface area contributed by atoms with Gasteiger partial charge in [-0.15, -0.1) is 0 Å². The molecule has 0 aromatic heterocycles. The number of phenolic OH excluding ortho intramolecular Hbond substituents is 1. The third-order valence-electron chi connectivity index (χ3n) is 14.6. The van der Waals surface area contributed by atoms with E-state index in [1.54, 1.807) is 24.3 Å². The Hall–Kier alpha value is -2.23. The normalized spacial score (nSPS) is 42.2. The van der Waals surface area contributed by atoms with Gasteiger partial charge in [0.1, 0.15) is 6.10 Å². The van der Waals surface area contributed by atoms with Gasteiger partial charge in [-0.3, -0.25) is 0 Å². The summed E-state index contributed by atoms with van der Waals surface area (Å²) in [6.45, 7) is 20.3. The summed E-state index contributed by atoms with van der Waals surface area (Å²) < 4.78 is 11.5. The van der Waals surface area contributed by atoms with Crippen LogP contribution in [0, 0.1) is 50.2 Å². The third kappa shape index (κ3) is 4.79. The number of rotatable bonds is 4. The molecule has 4 saturated carbocycles. The highest BCUT2D eigenvalue weighted by Crippen LogP contribution is 2.75. The highest BCUT2D eigenvalue weighted by Gasteiger charge is 2.67. The highest BCUT2D eigenvalue weighted by atomic mass is 16.5. The van der Waals surface area contributed by atoms with Gasteiger partial charge in [0.15, 0.2) is 11.5 Å². The number of ether oxygens (including phenoxy) is 2. The van der Waals surface area contributed by atoms with Gasteiger partial charge in [-0.05, 0) is 133 Å². The first-order valence-electron chi connectivity index (χ1n) is 17.5. The molecule has 1 aromatic rings. The molecule has 1 aromatic carbocycles. The van der Waals surface area contributed by atoms with Crippen LogP contribution in [0.5, 0.6) is 11.5 Å². The fraction of sp³-hybridized carbons (Fsp3) is 0.725. The predicted octanol–water partition coefficient (Wildman–Crippen LogP) is 10.1. The number of hydrogen-bond acceptors (Lipinski definition) is 4. The standard InChI is InChI=1S/C40H58O4/c1-35(2)22-23-37(5)18-14-30-39(7)19-15-29-36(3,4)33(44-34(42)13-11-26-10-12-27(41)28(24-26)43-9)17-21-38(29,6)31(39)16-20-40(30,8)32(37)25-35/h10-14,24,29,31-33,41H,15-23,25H2,1-9H3/t29-,31+,32+,33-,37-,38-,39-,40+/m0/s1. The minimum atomic E-state index is -0.293. The Balaban J connectivity index is 1.21. The number of fused-ring (bicyclic) bond motifs is 7. The number of aromatic hydroxyl groups is 1. The van der Waals surface area contributed by atoms with Gasteiger partial charge in [-0.25, -0.2) is 4.79 Å². The summed E-state index contributed by atoms with van der Waals surface area (Å²) in [5, 5.41) is 9.89. The molecule has 0 unspecified atom stereocenters. The molecule has 4 nitrogen and oxygen atoms in total. The van der Waals surface area contributed by atoms with Crippen LogP contribution in [0.3, 0.4) is 0 Å². The molecule has 5 aliphatic rings. The Morgan fingerprint density at radius 1 is 0.864 bits per heavy atom. The average Bonchev–Trinajstić information content (AvgIpc) is 2.94. The van der Waals surface area contributed by atoms with Gasteiger partial charge in [0.25, 0.3) is 0 Å². The molecule has 4 heteroatoms. The minimum absolute atomic E-state index is 0.0848. The molecule has 0 radical (unpaired) electrons. The van der Waals surface area contributed by atoms with Crippen LogP contribution in [0.15, 0.2) is 35.9 Å². The number of hydrogen-bond donors (Lipinski definition) is 1. The van der Waals surface area contributed by atoms with Crippen molar-refractivity contribution in [2.75, 3.05) is 7.11 Å². The zero-order valence-corrected chi connectivity index (χ0v) is 29.0. The van der Waals surface area contributed by atoms with E-state index in [1.807, 2.05) is 5.57 Å². The molecule has 242 valence electrons. The van der Waals surface area contributed by atoms with Gasteiger partial charge in [-0.1, -0.05) is 73.1 Å². The molecule has 0 spiro atoms. The van der Waals surface area contributed by atoms with Crippen molar-refractivity contribution < 1.29 is 19.4 Å². The Bertz CT molecular complexity index is 1370. The zero-order chi connectivity index (χ0) is 31.9. The Labute approximate surface area is 267 Å². The lowest BCUT2D eigenvalue weighted by Crippen LogP contribution is -2.63. The maximum atomic E-state index is 13.1. The van der Waals surface area contributed by atoms with Crippen LogP contribution < -0.4 is 4.74 Å². The van der Waals surface area contributed by atoms with Crippen molar-refractivity contribution in [3.8, 4) is 11.5 Å². The second-order valence-corrected chi connectivity index (χ2v) is 18.0. The van der Waals surface area contributed by atoms with Crippen molar-refractivity contribution >= 4 is 12.0 Å². The van der Waals surface area contributed by atoms with Crippen molar-refractivity contribution in [2.45, 2.75) is 126 Å². The zero-order valence-electron chi connectivity index (χ0n) is 29.0. The molecule has 0 amide bonds. The number of methoxy groups -OCH3 is 1. The number of esters is 1. The van der Waals surface area contributed by atoms with Crippen LogP contribution in [0.2, 0.25) is 0 Å². The van der Waals surface area contributed by atoms with E-state index in [0.29, 0.717) is 33.8 Å². The van der Waals surface area contributed by atoms with Gasteiger partial charge in [0, 0.05) is 11.5 Å². The fourth-order valence-electron chi connectivity index (χ4n) is 12.2. The van der Waals surface area contributed by atoms with E-state index in [1.165, 1.54) is 64.6 Å². The van der Waals surface area contributed by atoms with Gasteiger partial charge in [0.05, 0.1) is 7.11 Å². The van der Waals surface area contributed by atoms with Crippen molar-refractivity contribution in [3.63, 3.8) is 0 Å². The summed E-state index contributed by atoms with van der Waals surface area (Å²) in [5.41, 5.74) is 4.23. The summed E-state index contributed by atoms with van der Waals surface area (Å²) >= 11 is 0. The maximum absolute atomic E-state index is 13.1. The summed E-state index contributed by atoms with van der Waals surface area (Å²) in [6, 6.07) is 5.07. The topological polar surface area (TPSA) is 55.8 Å². The molecule has 4 fully saturated rings. The van der Waals surface area contributed by atoms with Crippen LogP contribution in [0.25, 0.3) is 6.08 Å². The van der Waals surface area contributed by atoms with Gasteiger partial charge >= 0.3 is 5.97 Å². The van der Waals surface area contributed by atoms with E-state index in [4.69, 9.17) is 9.47 Å². The Morgan fingerprint density at radius 2 is 1.55 bits per heavy atom. The van der Waals surface area contributed by atoms with Crippen molar-refractivity contribution in [1.82, 2.24) is 0 Å². The van der Waals surface area contributed by atoms with Crippen molar-refractivity contribution in [3.05, 3.63) is 41.5 Å². The predicted molar refractivity (Wildman–Crippen MR) is 178 cm³/mol. The molecule has 5 aliphatic carbocycles. The summed E-state index contributed by atoms with van der Waals surface area (Å²) in [7, 11) is 1.52. The smallest absolute Gasteiger partial charge is 0.331 e. The second kappa shape index (κ2) is 10.4. The maximum Gasteiger partial charge on any atom is 0.331 e. The first-order valence-corrected chi connectivity index (χ1v) is 17.5. The molecule has 0 bridgehead atoms. The molecular weight excluding hydrogens is 544 g/mol. The molecule has 44 heavy (non-hydrogen) atoms. The van der Waals surface area contributed by atoms with E-state index in [2.05, 4.69) is 61.5 Å². The third-order valence-corrected chi connectivity index (χ3v) is 14.6. The van der Waals surface area contributed by atoms with Crippen molar-refractivity contribution in [1.29, 1.82) is 0 Å². The molecule has 1 N–H and O–H groups in total. The number of carbonyl (C=O) groups excluding carboxylic acids is 1. The number of carbonyl (C=O) groups is 1. The second-order valence-electron chi connectivity index (χ2n) is 18.0. The van der Waals surface area contributed by atoms with E-state index < -0.39 is 0 Å².